The van der Waals surface area contributed by atoms with E-state index in [9.17, 15) is 14.4 Å². The molecule has 6 nitrogen and oxygen atoms in total. The monoisotopic (exact) mass is 400 g/mol. The third kappa shape index (κ3) is 3.27. The van der Waals surface area contributed by atoms with Gasteiger partial charge in [-0.05, 0) is 47.9 Å². The van der Waals surface area contributed by atoms with Gasteiger partial charge < -0.3 is 10.4 Å². The molecule has 0 unspecified atom stereocenters. The van der Waals surface area contributed by atoms with E-state index in [2.05, 4.69) is 5.32 Å². The number of aliphatic hydroxyl groups is 1. The highest BCUT2D eigenvalue weighted by Gasteiger charge is 2.38. The number of carbonyl (C=O) groups is 3. The van der Waals surface area contributed by atoms with Crippen LogP contribution in [0.25, 0.3) is 11.1 Å². The van der Waals surface area contributed by atoms with Gasteiger partial charge in [0, 0.05) is 12.1 Å². The first-order valence-electron chi connectivity index (χ1n) is 9.60. The Balaban J connectivity index is 1.72. The highest BCUT2D eigenvalue weighted by atomic mass is 16.3. The summed E-state index contributed by atoms with van der Waals surface area (Å²) in [6, 6.07) is 19.7. The first kappa shape index (κ1) is 19.5. The second-order valence-corrected chi connectivity index (χ2v) is 7.00. The molecule has 3 amide bonds. The Morgan fingerprint density at radius 3 is 2.37 bits per heavy atom. The molecular formula is C24H20N2O4. The molecule has 2 N–H and O–H groups in total. The minimum atomic E-state index is -0.458. The number of nitrogens with zero attached hydrogens (tertiary/aromatic N) is 1. The zero-order chi connectivity index (χ0) is 21.3. The minimum Gasteiger partial charge on any atom is -0.395 e. The largest absolute Gasteiger partial charge is 0.395 e. The molecule has 3 aromatic carbocycles. The molecule has 0 saturated heterocycles. The van der Waals surface area contributed by atoms with Crippen molar-refractivity contribution >= 4 is 23.4 Å². The van der Waals surface area contributed by atoms with Crippen LogP contribution < -0.4 is 10.2 Å². The van der Waals surface area contributed by atoms with Gasteiger partial charge in [0.05, 0.1) is 23.4 Å². The second kappa shape index (κ2) is 7.93. The average molecular weight is 400 g/mol. The van der Waals surface area contributed by atoms with E-state index in [0.717, 1.165) is 16.7 Å². The molecule has 0 aromatic heterocycles. The summed E-state index contributed by atoms with van der Waals surface area (Å²) in [4.78, 5) is 39.5. The fraction of sp³-hybridized carbons (Fsp3) is 0.125. The number of imide groups is 1. The van der Waals surface area contributed by atoms with Crippen molar-refractivity contribution in [2.45, 2.75) is 6.92 Å². The van der Waals surface area contributed by atoms with Gasteiger partial charge in [0.25, 0.3) is 17.7 Å². The number of anilines is 1. The summed E-state index contributed by atoms with van der Waals surface area (Å²) in [5, 5.41) is 11.4. The molecule has 30 heavy (non-hydrogen) atoms. The molecule has 1 aliphatic heterocycles. The van der Waals surface area contributed by atoms with Crippen molar-refractivity contribution in [3.05, 3.63) is 89.0 Å². The first-order valence-corrected chi connectivity index (χ1v) is 9.60. The van der Waals surface area contributed by atoms with Crippen LogP contribution in [-0.2, 0) is 0 Å². The lowest BCUT2D eigenvalue weighted by Crippen LogP contribution is -2.30. The third-order valence-corrected chi connectivity index (χ3v) is 5.18. The molecule has 0 saturated carbocycles. The molecule has 1 heterocycles. The van der Waals surface area contributed by atoms with E-state index < -0.39 is 17.7 Å². The molecule has 0 aliphatic carbocycles. The Labute approximate surface area is 173 Å². The molecule has 3 aromatic rings. The molecule has 0 spiro atoms. The number of hydrogen-bond acceptors (Lipinski definition) is 4. The average Bonchev–Trinajstić information content (AvgIpc) is 3.02. The summed E-state index contributed by atoms with van der Waals surface area (Å²) in [5.74, 6) is -1.28. The summed E-state index contributed by atoms with van der Waals surface area (Å²) < 4.78 is 0. The summed E-state index contributed by atoms with van der Waals surface area (Å²) >= 11 is 0. The van der Waals surface area contributed by atoms with Crippen LogP contribution in [0.1, 0.15) is 36.6 Å². The lowest BCUT2D eigenvalue weighted by Gasteiger charge is -2.19. The maximum absolute atomic E-state index is 13.1. The van der Waals surface area contributed by atoms with Gasteiger partial charge in [0.1, 0.15) is 0 Å². The topological polar surface area (TPSA) is 86.7 Å². The van der Waals surface area contributed by atoms with E-state index >= 15 is 0 Å². The number of amides is 3. The van der Waals surface area contributed by atoms with Crippen LogP contribution in [0.3, 0.4) is 0 Å². The number of nitrogens with one attached hydrogen (secondary N) is 1. The van der Waals surface area contributed by atoms with Gasteiger partial charge in [-0.2, -0.15) is 0 Å². The number of rotatable bonds is 5. The van der Waals surface area contributed by atoms with Crippen molar-refractivity contribution < 1.29 is 19.5 Å². The van der Waals surface area contributed by atoms with Gasteiger partial charge in [0.2, 0.25) is 0 Å². The summed E-state index contributed by atoms with van der Waals surface area (Å²) in [7, 11) is 0. The molecule has 0 radical (unpaired) electrons. The molecule has 0 atom stereocenters. The molecular weight excluding hydrogens is 380 g/mol. The Morgan fingerprint density at radius 1 is 0.900 bits per heavy atom. The van der Waals surface area contributed by atoms with Crippen molar-refractivity contribution in [2.24, 2.45) is 0 Å². The SMILES string of the molecule is Cc1c(-c2ccccc2)cccc1N1C(=O)c2ccc(C(=O)NCCO)cc2C1=O. The summed E-state index contributed by atoms with van der Waals surface area (Å²) in [6.07, 6.45) is 0. The van der Waals surface area contributed by atoms with E-state index in [-0.39, 0.29) is 29.8 Å². The molecule has 0 bridgehead atoms. The third-order valence-electron chi connectivity index (χ3n) is 5.18. The van der Waals surface area contributed by atoms with Gasteiger partial charge in [-0.3, -0.25) is 14.4 Å². The maximum Gasteiger partial charge on any atom is 0.266 e. The van der Waals surface area contributed by atoms with Crippen LogP contribution in [0.5, 0.6) is 0 Å². The Bertz CT molecular complexity index is 1160. The van der Waals surface area contributed by atoms with Gasteiger partial charge in [-0.15, -0.1) is 0 Å². The lowest BCUT2D eigenvalue weighted by molar-refractivity contribution is 0.0923. The van der Waals surface area contributed by atoms with Crippen LogP contribution in [0.15, 0.2) is 66.7 Å². The maximum atomic E-state index is 13.1. The Hall–Kier alpha value is -3.77. The van der Waals surface area contributed by atoms with Crippen LogP contribution in [-0.4, -0.2) is 36.0 Å². The lowest BCUT2D eigenvalue weighted by atomic mass is 9.99. The van der Waals surface area contributed by atoms with Gasteiger partial charge in [0.15, 0.2) is 0 Å². The summed E-state index contributed by atoms with van der Waals surface area (Å²) in [5.41, 5.74) is 4.00. The first-order chi connectivity index (χ1) is 14.5. The fourth-order valence-corrected chi connectivity index (χ4v) is 3.67. The standard InChI is InChI=1S/C24H20N2O4/c1-15-18(16-6-3-2-4-7-16)8-5-9-21(15)26-23(29)19-11-10-17(14-20(19)24(26)30)22(28)25-12-13-27/h2-11,14,27H,12-13H2,1H3,(H,25,28). The van der Waals surface area contributed by atoms with E-state index in [0.29, 0.717) is 5.69 Å². The number of aliphatic hydroxyl groups excluding tert-OH is 1. The van der Waals surface area contributed by atoms with Crippen LogP contribution >= 0.6 is 0 Å². The normalized spacial score (nSPS) is 12.8. The zero-order valence-corrected chi connectivity index (χ0v) is 16.4. The van der Waals surface area contributed by atoms with Crippen molar-refractivity contribution in [3.63, 3.8) is 0 Å². The fourth-order valence-electron chi connectivity index (χ4n) is 3.67. The smallest absolute Gasteiger partial charge is 0.266 e. The van der Waals surface area contributed by atoms with Gasteiger partial charge >= 0.3 is 0 Å². The highest BCUT2D eigenvalue weighted by molar-refractivity contribution is 6.35. The molecule has 150 valence electrons. The zero-order valence-electron chi connectivity index (χ0n) is 16.4. The Kier molecular flexibility index (Phi) is 5.16. The van der Waals surface area contributed by atoms with Crippen molar-refractivity contribution in [1.82, 2.24) is 5.32 Å². The van der Waals surface area contributed by atoms with Crippen LogP contribution in [0.2, 0.25) is 0 Å². The molecule has 0 fully saturated rings. The van der Waals surface area contributed by atoms with E-state index in [4.69, 9.17) is 5.11 Å². The number of carbonyl (C=O) groups excluding carboxylic acids is 3. The van der Waals surface area contributed by atoms with Gasteiger partial charge in [-0.1, -0.05) is 42.5 Å². The van der Waals surface area contributed by atoms with E-state index in [1.807, 2.05) is 49.4 Å². The van der Waals surface area contributed by atoms with Crippen molar-refractivity contribution in [3.8, 4) is 11.1 Å². The van der Waals surface area contributed by atoms with Crippen LogP contribution in [0, 0.1) is 6.92 Å². The molecule has 6 heteroatoms. The number of benzene rings is 3. The van der Waals surface area contributed by atoms with Crippen LogP contribution in [0.4, 0.5) is 5.69 Å². The molecule has 4 rings (SSSR count). The number of hydrogen-bond donors (Lipinski definition) is 2. The second-order valence-electron chi connectivity index (χ2n) is 7.00. The Morgan fingerprint density at radius 2 is 1.63 bits per heavy atom. The quantitative estimate of drug-likeness (QED) is 0.644. The predicted octanol–water partition coefficient (Wildman–Crippen LogP) is 3.18. The van der Waals surface area contributed by atoms with Crippen molar-refractivity contribution in [2.75, 3.05) is 18.1 Å². The predicted molar refractivity (Wildman–Crippen MR) is 114 cm³/mol. The van der Waals surface area contributed by atoms with Gasteiger partial charge in [-0.25, -0.2) is 4.90 Å². The van der Waals surface area contributed by atoms with E-state index in [1.165, 1.54) is 23.1 Å². The molecule has 1 aliphatic rings. The van der Waals surface area contributed by atoms with E-state index in [1.54, 1.807) is 6.07 Å². The number of fused-ring (bicyclic) bond motifs is 1. The summed E-state index contributed by atoms with van der Waals surface area (Å²) in [6.45, 7) is 1.81. The minimum absolute atomic E-state index is 0.112. The van der Waals surface area contributed by atoms with Crippen molar-refractivity contribution in [1.29, 1.82) is 0 Å². The highest BCUT2D eigenvalue weighted by Crippen LogP contribution is 2.35.